The molecular formula is C15H16FN3O. The third-order valence-electron chi connectivity index (χ3n) is 2.96. The van der Waals surface area contributed by atoms with Crippen LogP contribution in [-0.4, -0.2) is 22.8 Å². The first-order chi connectivity index (χ1) is 9.60. The minimum Gasteiger partial charge on any atom is -0.336 e. The van der Waals surface area contributed by atoms with Crippen LogP contribution in [0.4, 0.5) is 4.39 Å². The van der Waals surface area contributed by atoms with Gasteiger partial charge in [0.05, 0.1) is 0 Å². The fraction of sp³-hybridized carbons (Fsp3) is 0.200. The summed E-state index contributed by atoms with van der Waals surface area (Å²) < 4.78 is 12.8. The number of carbonyl (C=O) groups excluding carboxylic acids is 1. The van der Waals surface area contributed by atoms with Crippen molar-refractivity contribution in [1.29, 1.82) is 0 Å². The zero-order valence-corrected chi connectivity index (χ0v) is 11.2. The molecule has 4 nitrogen and oxygen atoms in total. The van der Waals surface area contributed by atoms with Crippen LogP contribution in [-0.2, 0) is 13.1 Å². The Bertz CT molecular complexity index is 581. The molecule has 1 aromatic heterocycles. The van der Waals surface area contributed by atoms with Gasteiger partial charge in [0.15, 0.2) is 0 Å². The monoisotopic (exact) mass is 273 g/mol. The van der Waals surface area contributed by atoms with Gasteiger partial charge in [0.2, 0.25) is 0 Å². The normalized spacial score (nSPS) is 10.3. The summed E-state index contributed by atoms with van der Waals surface area (Å²) in [5.74, 6) is -0.473. The van der Waals surface area contributed by atoms with Crippen LogP contribution in [0.25, 0.3) is 0 Å². The number of halogens is 1. The Morgan fingerprint density at radius 2 is 1.85 bits per heavy atom. The third kappa shape index (κ3) is 3.39. The topological polar surface area (TPSA) is 59.2 Å². The summed E-state index contributed by atoms with van der Waals surface area (Å²) in [6, 6.07) is 9.51. The van der Waals surface area contributed by atoms with E-state index < -0.39 is 0 Å². The second-order valence-electron chi connectivity index (χ2n) is 4.54. The highest BCUT2D eigenvalue weighted by Crippen LogP contribution is 2.08. The summed E-state index contributed by atoms with van der Waals surface area (Å²) in [7, 11) is 1.68. The predicted octanol–water partition coefficient (Wildman–Crippen LogP) is 1.95. The Hall–Kier alpha value is -2.27. The van der Waals surface area contributed by atoms with E-state index in [2.05, 4.69) is 4.98 Å². The lowest BCUT2D eigenvalue weighted by atomic mass is 10.2. The van der Waals surface area contributed by atoms with E-state index >= 15 is 0 Å². The van der Waals surface area contributed by atoms with Crippen molar-refractivity contribution in [3.63, 3.8) is 0 Å². The Morgan fingerprint density at radius 3 is 2.40 bits per heavy atom. The van der Waals surface area contributed by atoms with Gasteiger partial charge in [-0.3, -0.25) is 9.78 Å². The molecule has 2 N–H and O–H groups in total. The molecule has 1 amide bonds. The molecule has 0 saturated heterocycles. The van der Waals surface area contributed by atoms with Crippen LogP contribution in [0, 0.1) is 5.82 Å². The molecule has 5 heteroatoms. The third-order valence-corrected chi connectivity index (χ3v) is 2.96. The molecule has 1 aromatic carbocycles. The molecule has 2 aromatic rings. The summed E-state index contributed by atoms with van der Waals surface area (Å²) in [6.45, 7) is 0.798. The molecule has 1 heterocycles. The molecule has 20 heavy (non-hydrogen) atoms. The average molecular weight is 273 g/mol. The van der Waals surface area contributed by atoms with Crippen LogP contribution < -0.4 is 5.73 Å². The van der Waals surface area contributed by atoms with Crippen LogP contribution in [0.5, 0.6) is 0 Å². The number of nitrogens with zero attached hydrogens (tertiary/aromatic N) is 2. The van der Waals surface area contributed by atoms with Gasteiger partial charge in [0.1, 0.15) is 11.5 Å². The molecule has 0 aliphatic rings. The number of aromatic nitrogens is 1. The van der Waals surface area contributed by atoms with Crippen molar-refractivity contribution in [1.82, 2.24) is 9.88 Å². The molecule has 0 bridgehead atoms. The van der Waals surface area contributed by atoms with Crippen molar-refractivity contribution < 1.29 is 9.18 Å². The Kier molecular flexibility index (Phi) is 4.42. The number of benzene rings is 1. The van der Waals surface area contributed by atoms with Crippen molar-refractivity contribution in [2.75, 3.05) is 7.05 Å². The molecule has 104 valence electrons. The van der Waals surface area contributed by atoms with Crippen molar-refractivity contribution in [3.8, 4) is 0 Å². The smallest absolute Gasteiger partial charge is 0.272 e. The van der Waals surface area contributed by atoms with E-state index in [-0.39, 0.29) is 11.7 Å². The molecule has 0 saturated carbocycles. The largest absolute Gasteiger partial charge is 0.336 e. The van der Waals surface area contributed by atoms with Gasteiger partial charge in [0.25, 0.3) is 5.91 Å². The zero-order chi connectivity index (χ0) is 14.5. The quantitative estimate of drug-likeness (QED) is 0.926. The maximum absolute atomic E-state index is 12.8. The number of rotatable bonds is 4. The molecular weight excluding hydrogens is 257 g/mol. The molecule has 0 atom stereocenters. The van der Waals surface area contributed by atoms with Crippen molar-refractivity contribution >= 4 is 5.91 Å². The predicted molar refractivity (Wildman–Crippen MR) is 74.3 cm³/mol. The first kappa shape index (κ1) is 14.1. The summed E-state index contributed by atoms with van der Waals surface area (Å²) in [4.78, 5) is 17.8. The first-order valence-corrected chi connectivity index (χ1v) is 6.25. The Morgan fingerprint density at radius 1 is 1.20 bits per heavy atom. The van der Waals surface area contributed by atoms with Crippen molar-refractivity contribution in [2.45, 2.75) is 13.1 Å². The van der Waals surface area contributed by atoms with Gasteiger partial charge in [-0.05, 0) is 29.3 Å². The summed E-state index contributed by atoms with van der Waals surface area (Å²) in [6.07, 6.45) is 1.60. The second kappa shape index (κ2) is 6.25. The van der Waals surface area contributed by atoms with Crippen LogP contribution in [0.2, 0.25) is 0 Å². The minimum absolute atomic E-state index is 0.183. The van der Waals surface area contributed by atoms with Crippen molar-refractivity contribution in [2.24, 2.45) is 5.73 Å². The van der Waals surface area contributed by atoms with E-state index in [0.717, 1.165) is 11.1 Å². The lowest BCUT2D eigenvalue weighted by molar-refractivity contribution is 0.0779. The number of carbonyl (C=O) groups is 1. The molecule has 0 radical (unpaired) electrons. The fourth-order valence-electron chi connectivity index (χ4n) is 1.80. The summed E-state index contributed by atoms with van der Waals surface area (Å²) in [5.41, 5.74) is 7.59. The number of hydrogen-bond acceptors (Lipinski definition) is 3. The number of pyridine rings is 1. The van der Waals surface area contributed by atoms with E-state index in [1.54, 1.807) is 37.5 Å². The van der Waals surface area contributed by atoms with E-state index in [9.17, 15) is 9.18 Å². The Balaban J connectivity index is 2.05. The first-order valence-electron chi connectivity index (χ1n) is 6.25. The van der Waals surface area contributed by atoms with Gasteiger partial charge in [-0.25, -0.2) is 4.39 Å². The van der Waals surface area contributed by atoms with Gasteiger partial charge in [-0.2, -0.15) is 0 Å². The molecule has 0 spiro atoms. The molecule has 0 aliphatic heterocycles. The SMILES string of the molecule is CN(Cc1ccc(F)cc1)C(=O)c1ccc(CN)cn1. The molecule has 0 fully saturated rings. The van der Waals surface area contributed by atoms with Gasteiger partial charge < -0.3 is 10.6 Å². The average Bonchev–Trinajstić information content (AvgIpc) is 2.49. The van der Waals surface area contributed by atoms with Crippen molar-refractivity contribution in [3.05, 3.63) is 65.2 Å². The Labute approximate surface area is 117 Å². The highest BCUT2D eigenvalue weighted by atomic mass is 19.1. The van der Waals surface area contributed by atoms with Gasteiger partial charge in [-0.1, -0.05) is 18.2 Å². The summed E-state index contributed by atoms with van der Waals surface area (Å²) in [5, 5.41) is 0. The lowest BCUT2D eigenvalue weighted by Gasteiger charge is -2.16. The maximum Gasteiger partial charge on any atom is 0.272 e. The lowest BCUT2D eigenvalue weighted by Crippen LogP contribution is -2.27. The van der Waals surface area contributed by atoms with Gasteiger partial charge >= 0.3 is 0 Å². The summed E-state index contributed by atoms with van der Waals surface area (Å²) >= 11 is 0. The second-order valence-corrected chi connectivity index (χ2v) is 4.54. The fourth-order valence-corrected chi connectivity index (χ4v) is 1.80. The van der Waals surface area contributed by atoms with Crippen LogP contribution in [0.3, 0.4) is 0 Å². The maximum atomic E-state index is 12.8. The molecule has 2 rings (SSSR count). The highest BCUT2D eigenvalue weighted by molar-refractivity contribution is 5.92. The number of nitrogens with two attached hydrogens (primary N) is 1. The molecule has 0 unspecified atom stereocenters. The minimum atomic E-state index is -0.290. The zero-order valence-electron chi connectivity index (χ0n) is 11.2. The molecule has 0 aliphatic carbocycles. The van der Waals surface area contributed by atoms with E-state index in [1.165, 1.54) is 17.0 Å². The van der Waals surface area contributed by atoms with Crippen LogP contribution in [0.15, 0.2) is 42.6 Å². The highest BCUT2D eigenvalue weighted by Gasteiger charge is 2.13. The van der Waals surface area contributed by atoms with Crippen LogP contribution in [0.1, 0.15) is 21.6 Å². The van der Waals surface area contributed by atoms with E-state index in [1.807, 2.05) is 0 Å². The standard InChI is InChI=1S/C15H16FN3O/c1-19(10-11-2-5-13(16)6-3-11)15(20)14-7-4-12(8-17)9-18-14/h2-7,9H,8,10,17H2,1H3. The van der Waals surface area contributed by atoms with E-state index in [4.69, 9.17) is 5.73 Å². The van der Waals surface area contributed by atoms with Crippen LogP contribution >= 0.6 is 0 Å². The van der Waals surface area contributed by atoms with E-state index in [0.29, 0.717) is 18.8 Å². The van der Waals surface area contributed by atoms with Gasteiger partial charge in [-0.15, -0.1) is 0 Å². The van der Waals surface area contributed by atoms with Gasteiger partial charge in [0, 0.05) is 26.3 Å². The number of amides is 1. The number of hydrogen-bond donors (Lipinski definition) is 1.